The van der Waals surface area contributed by atoms with Crippen molar-refractivity contribution in [1.29, 1.82) is 5.26 Å². The fourth-order valence-corrected chi connectivity index (χ4v) is 4.92. The van der Waals surface area contributed by atoms with Crippen molar-refractivity contribution < 1.29 is 4.39 Å². The Bertz CT molecular complexity index is 1340. The first-order valence-electron chi connectivity index (χ1n) is 9.26. The molecule has 3 N–H and O–H groups in total. The average molecular weight is 440 g/mol. The number of nitrogens with zero attached hydrogens (tertiary/aromatic N) is 5. The van der Waals surface area contributed by atoms with E-state index in [2.05, 4.69) is 31.2 Å². The molecule has 0 saturated carbocycles. The molecular formula is C20H15ClFN7S. The molecule has 2 aromatic carbocycles. The van der Waals surface area contributed by atoms with Gasteiger partial charge in [-0.3, -0.25) is 0 Å². The van der Waals surface area contributed by atoms with Crippen molar-refractivity contribution in [3.05, 3.63) is 40.9 Å². The topological polar surface area (TPSA) is 104 Å². The van der Waals surface area contributed by atoms with Gasteiger partial charge in [0.1, 0.15) is 24.0 Å². The van der Waals surface area contributed by atoms with E-state index < -0.39 is 5.82 Å². The molecule has 2 aromatic heterocycles. The largest absolute Gasteiger partial charge is 0.375 e. The van der Waals surface area contributed by atoms with Crippen LogP contribution in [0.1, 0.15) is 5.56 Å². The van der Waals surface area contributed by atoms with Gasteiger partial charge in [0.2, 0.25) is 0 Å². The Hall–Kier alpha value is -3.06. The maximum absolute atomic E-state index is 14.3. The number of aromatic nitrogens is 3. The maximum Gasteiger partial charge on any atom is 0.181 e. The molecule has 3 heterocycles. The number of nitrogen functional groups attached to an aromatic ring is 1. The van der Waals surface area contributed by atoms with Crippen LogP contribution in [0.15, 0.2) is 24.5 Å². The second kappa shape index (κ2) is 7.32. The highest BCUT2D eigenvalue weighted by Crippen LogP contribution is 2.42. The van der Waals surface area contributed by atoms with Crippen molar-refractivity contribution in [2.24, 2.45) is 0 Å². The predicted molar refractivity (Wildman–Crippen MR) is 117 cm³/mol. The predicted octanol–water partition coefficient (Wildman–Crippen LogP) is 3.56. The molecule has 5 rings (SSSR count). The summed E-state index contributed by atoms with van der Waals surface area (Å²) in [6, 6.07) is 6.92. The molecule has 1 fully saturated rings. The molecule has 0 atom stereocenters. The number of nitrogens with one attached hydrogen (secondary N) is 1. The highest BCUT2D eigenvalue weighted by molar-refractivity contribution is 7.22. The van der Waals surface area contributed by atoms with E-state index >= 15 is 0 Å². The van der Waals surface area contributed by atoms with E-state index in [9.17, 15) is 9.65 Å². The number of piperazine rings is 1. The summed E-state index contributed by atoms with van der Waals surface area (Å²) in [5.74, 6) is 0.329. The Morgan fingerprint density at radius 2 is 2.03 bits per heavy atom. The molecule has 150 valence electrons. The van der Waals surface area contributed by atoms with E-state index in [1.165, 1.54) is 12.4 Å². The minimum atomic E-state index is -0.415. The first-order valence-corrected chi connectivity index (χ1v) is 10.5. The van der Waals surface area contributed by atoms with Crippen molar-refractivity contribution in [3.8, 4) is 17.2 Å². The summed E-state index contributed by atoms with van der Waals surface area (Å²) in [4.78, 5) is 15.3. The van der Waals surface area contributed by atoms with Crippen LogP contribution in [0.25, 0.3) is 32.2 Å². The van der Waals surface area contributed by atoms with Crippen molar-refractivity contribution in [2.75, 3.05) is 36.8 Å². The summed E-state index contributed by atoms with van der Waals surface area (Å²) in [6.45, 7) is 3.29. The molecule has 1 aliphatic rings. The van der Waals surface area contributed by atoms with Crippen LogP contribution in [0.4, 0.5) is 15.3 Å². The molecule has 1 aliphatic heterocycles. The highest BCUT2D eigenvalue weighted by atomic mass is 35.5. The summed E-state index contributed by atoms with van der Waals surface area (Å²) in [7, 11) is 0. The van der Waals surface area contributed by atoms with E-state index in [0.717, 1.165) is 43.3 Å². The lowest BCUT2D eigenvalue weighted by Crippen LogP contribution is -2.44. The smallest absolute Gasteiger partial charge is 0.181 e. The Kier molecular flexibility index (Phi) is 4.62. The molecule has 0 spiro atoms. The SMILES string of the molecule is N#Cc1c(-c2ccc(F)c3sc(N)nc23)c(Cl)cc2c(N3CCNCC3)ncnc12. The monoisotopic (exact) mass is 439 g/mol. The molecular weight excluding hydrogens is 425 g/mol. The van der Waals surface area contributed by atoms with Gasteiger partial charge in [-0.1, -0.05) is 22.9 Å². The van der Waals surface area contributed by atoms with Gasteiger partial charge in [0.05, 0.1) is 26.3 Å². The van der Waals surface area contributed by atoms with Crippen LogP contribution >= 0.6 is 22.9 Å². The van der Waals surface area contributed by atoms with Gasteiger partial charge in [-0.25, -0.2) is 19.3 Å². The summed E-state index contributed by atoms with van der Waals surface area (Å²) >= 11 is 7.75. The van der Waals surface area contributed by atoms with Gasteiger partial charge in [0, 0.05) is 42.7 Å². The van der Waals surface area contributed by atoms with Gasteiger partial charge in [0.25, 0.3) is 0 Å². The van der Waals surface area contributed by atoms with E-state index in [4.69, 9.17) is 17.3 Å². The van der Waals surface area contributed by atoms with Crippen LogP contribution in [0.3, 0.4) is 0 Å². The molecule has 7 nitrogen and oxygen atoms in total. The minimum Gasteiger partial charge on any atom is -0.375 e. The van der Waals surface area contributed by atoms with Gasteiger partial charge >= 0.3 is 0 Å². The number of hydrogen-bond donors (Lipinski definition) is 2. The molecule has 0 aliphatic carbocycles. The summed E-state index contributed by atoms with van der Waals surface area (Å²) in [6.07, 6.45) is 1.46. The van der Waals surface area contributed by atoms with Gasteiger partial charge in [-0.15, -0.1) is 0 Å². The van der Waals surface area contributed by atoms with Crippen molar-refractivity contribution in [1.82, 2.24) is 20.3 Å². The summed E-state index contributed by atoms with van der Waals surface area (Å²) in [5.41, 5.74) is 8.01. The van der Waals surface area contributed by atoms with Crippen LogP contribution in [-0.2, 0) is 0 Å². The normalized spacial score (nSPS) is 14.4. The van der Waals surface area contributed by atoms with Gasteiger partial charge in [-0.05, 0) is 18.2 Å². The molecule has 30 heavy (non-hydrogen) atoms. The standard InChI is InChI=1S/C20H15ClFN7S/c21-13-7-11-16(26-9-27-19(11)29-5-3-25-4-6-29)12(8-23)15(13)10-1-2-14(22)18-17(10)28-20(24)30-18/h1-2,7,9,25H,3-6H2,(H2,24,28). The summed E-state index contributed by atoms with van der Waals surface area (Å²) in [5, 5.41) is 14.6. The lowest BCUT2D eigenvalue weighted by molar-refractivity contribution is 0.586. The molecule has 4 aromatic rings. The average Bonchev–Trinajstić information content (AvgIpc) is 3.16. The molecule has 1 saturated heterocycles. The molecule has 0 bridgehead atoms. The number of halogens is 2. The third-order valence-electron chi connectivity index (χ3n) is 5.17. The lowest BCUT2D eigenvalue weighted by Gasteiger charge is -2.29. The fourth-order valence-electron chi connectivity index (χ4n) is 3.85. The van der Waals surface area contributed by atoms with Gasteiger partial charge < -0.3 is 16.0 Å². The number of fused-ring (bicyclic) bond motifs is 2. The number of rotatable bonds is 2. The number of nitriles is 1. The Morgan fingerprint density at radius 3 is 2.80 bits per heavy atom. The first-order chi connectivity index (χ1) is 14.6. The van der Waals surface area contributed by atoms with E-state index in [0.29, 0.717) is 42.8 Å². The third-order valence-corrected chi connectivity index (χ3v) is 6.36. The summed E-state index contributed by atoms with van der Waals surface area (Å²) < 4.78 is 14.6. The van der Waals surface area contributed by atoms with Crippen LogP contribution in [-0.4, -0.2) is 41.1 Å². The second-order valence-corrected chi connectivity index (χ2v) is 8.31. The number of anilines is 2. The molecule has 0 radical (unpaired) electrons. The third kappa shape index (κ3) is 2.92. The Morgan fingerprint density at radius 1 is 1.23 bits per heavy atom. The quantitative estimate of drug-likeness (QED) is 0.492. The van der Waals surface area contributed by atoms with E-state index in [1.807, 2.05) is 0 Å². The van der Waals surface area contributed by atoms with Crippen LogP contribution in [0.5, 0.6) is 0 Å². The number of thiazole rings is 1. The molecule has 0 unspecified atom stereocenters. The van der Waals surface area contributed by atoms with Crippen LogP contribution in [0, 0.1) is 17.1 Å². The number of nitrogens with two attached hydrogens (primary N) is 1. The zero-order valence-electron chi connectivity index (χ0n) is 15.6. The second-order valence-electron chi connectivity index (χ2n) is 6.88. The first kappa shape index (κ1) is 18.9. The molecule has 0 amide bonds. The van der Waals surface area contributed by atoms with Crippen LogP contribution in [0.2, 0.25) is 5.02 Å². The minimum absolute atomic E-state index is 0.245. The lowest BCUT2D eigenvalue weighted by atomic mass is 9.96. The number of hydrogen-bond acceptors (Lipinski definition) is 8. The van der Waals surface area contributed by atoms with Crippen LogP contribution < -0.4 is 16.0 Å². The fraction of sp³-hybridized carbons (Fsp3) is 0.200. The number of benzene rings is 2. The van der Waals surface area contributed by atoms with E-state index in [-0.39, 0.29) is 5.13 Å². The zero-order chi connectivity index (χ0) is 20.8. The van der Waals surface area contributed by atoms with Crippen molar-refractivity contribution in [2.45, 2.75) is 0 Å². The maximum atomic E-state index is 14.3. The highest BCUT2D eigenvalue weighted by Gasteiger charge is 2.23. The molecule has 10 heteroatoms. The Labute approximate surface area is 179 Å². The van der Waals surface area contributed by atoms with E-state index in [1.54, 1.807) is 12.1 Å². The zero-order valence-corrected chi connectivity index (χ0v) is 17.2. The van der Waals surface area contributed by atoms with Gasteiger partial charge in [0.15, 0.2) is 5.13 Å². The van der Waals surface area contributed by atoms with Gasteiger partial charge in [-0.2, -0.15) is 5.26 Å². The Balaban J connectivity index is 1.80. The van der Waals surface area contributed by atoms with Crippen molar-refractivity contribution >= 4 is 55.0 Å². The van der Waals surface area contributed by atoms with Crippen molar-refractivity contribution in [3.63, 3.8) is 0 Å².